The molecule has 1 aliphatic heterocycles. The van der Waals surface area contributed by atoms with Gasteiger partial charge in [0, 0.05) is 32.2 Å². The Morgan fingerprint density at radius 2 is 1.95 bits per heavy atom. The molecule has 122 valence electrons. The number of piperazine rings is 1. The first kappa shape index (κ1) is 16.5. The van der Waals surface area contributed by atoms with Crippen LogP contribution >= 0.6 is 0 Å². The van der Waals surface area contributed by atoms with Crippen LogP contribution in [0.4, 0.5) is 0 Å². The smallest absolute Gasteiger partial charge is 0.260 e. The quantitative estimate of drug-likeness (QED) is 0.733. The molecule has 0 aromatic carbocycles. The van der Waals surface area contributed by atoms with E-state index in [1.807, 2.05) is 0 Å². The van der Waals surface area contributed by atoms with Crippen molar-refractivity contribution in [1.82, 2.24) is 9.21 Å². The van der Waals surface area contributed by atoms with E-state index in [-0.39, 0.29) is 36.8 Å². The molecule has 0 radical (unpaired) electrons. The topological polar surface area (TPSA) is 97.1 Å². The van der Waals surface area contributed by atoms with Crippen LogP contribution in [-0.4, -0.2) is 62.6 Å². The van der Waals surface area contributed by atoms with Crippen LogP contribution in [0.1, 0.15) is 5.76 Å². The lowest BCUT2D eigenvalue weighted by Gasteiger charge is -2.33. The minimum atomic E-state index is -3.23. The molecule has 0 saturated carbocycles. The molecule has 0 spiro atoms. The Kier molecular flexibility index (Phi) is 4.87. The predicted octanol–water partition coefficient (Wildman–Crippen LogP) is -0.569. The summed E-state index contributed by atoms with van der Waals surface area (Å²) in [6, 6.07) is 1.28. The molecule has 2 heterocycles. The highest BCUT2D eigenvalue weighted by Crippen LogP contribution is 2.08. The van der Waals surface area contributed by atoms with Crippen LogP contribution in [0.15, 0.2) is 21.5 Å². The molecule has 1 amide bonds. The monoisotopic (exact) mass is 330 g/mol. The number of carbonyl (C=O) groups is 1. The lowest BCUT2D eigenvalue weighted by Crippen LogP contribution is -2.51. The number of sulfonamides is 1. The standard InChI is InChI=1S/C13H18N2O6S/c1-10-7-11(16)12(8-20-10)21-9-13(17)14-3-5-15(6-4-14)22(2,18)19/h7-8H,3-6,9H2,1-2H3. The number of hydrogen-bond donors (Lipinski definition) is 0. The normalized spacial score (nSPS) is 16.5. The zero-order valence-electron chi connectivity index (χ0n) is 12.4. The van der Waals surface area contributed by atoms with Gasteiger partial charge in [-0.1, -0.05) is 0 Å². The molecule has 0 aliphatic carbocycles. The summed E-state index contributed by atoms with van der Waals surface area (Å²) in [5.74, 6) is 0.141. The minimum absolute atomic E-state index is 0.0197. The fourth-order valence-corrected chi connectivity index (χ4v) is 2.93. The second-order valence-corrected chi connectivity index (χ2v) is 7.03. The van der Waals surface area contributed by atoms with E-state index in [2.05, 4.69) is 0 Å². The number of carbonyl (C=O) groups excluding carboxylic acids is 1. The van der Waals surface area contributed by atoms with E-state index in [0.29, 0.717) is 18.8 Å². The molecule has 0 unspecified atom stereocenters. The van der Waals surface area contributed by atoms with Gasteiger partial charge in [-0.3, -0.25) is 9.59 Å². The van der Waals surface area contributed by atoms with Crippen molar-refractivity contribution in [3.05, 3.63) is 28.3 Å². The lowest BCUT2D eigenvalue weighted by molar-refractivity contribution is -0.134. The average molecular weight is 330 g/mol. The highest BCUT2D eigenvalue weighted by atomic mass is 32.2. The maximum absolute atomic E-state index is 12.0. The van der Waals surface area contributed by atoms with Gasteiger partial charge in [0.05, 0.1) is 6.26 Å². The fourth-order valence-electron chi connectivity index (χ4n) is 2.10. The molecule has 1 aromatic rings. The maximum Gasteiger partial charge on any atom is 0.260 e. The van der Waals surface area contributed by atoms with Gasteiger partial charge in [0.15, 0.2) is 6.61 Å². The summed E-state index contributed by atoms with van der Waals surface area (Å²) in [6.07, 6.45) is 2.32. The third-order valence-corrected chi connectivity index (χ3v) is 4.64. The first-order chi connectivity index (χ1) is 10.3. The van der Waals surface area contributed by atoms with Gasteiger partial charge in [-0.15, -0.1) is 0 Å². The van der Waals surface area contributed by atoms with Crippen LogP contribution < -0.4 is 10.2 Å². The molecule has 0 bridgehead atoms. The SMILES string of the molecule is Cc1cc(=O)c(OCC(=O)N2CCN(S(C)(=O)=O)CC2)co1. The highest BCUT2D eigenvalue weighted by molar-refractivity contribution is 7.88. The van der Waals surface area contributed by atoms with Crippen molar-refractivity contribution in [1.29, 1.82) is 0 Å². The first-order valence-electron chi connectivity index (χ1n) is 6.72. The van der Waals surface area contributed by atoms with Gasteiger partial charge in [0.2, 0.25) is 21.2 Å². The molecule has 1 fully saturated rings. The third-order valence-electron chi connectivity index (χ3n) is 3.34. The molecule has 9 heteroatoms. The molecular formula is C13H18N2O6S. The summed E-state index contributed by atoms with van der Waals surface area (Å²) in [5, 5.41) is 0. The summed E-state index contributed by atoms with van der Waals surface area (Å²) < 4.78 is 34.3. The largest absolute Gasteiger partial charge is 0.477 e. The van der Waals surface area contributed by atoms with E-state index in [0.717, 1.165) is 6.26 Å². The van der Waals surface area contributed by atoms with E-state index < -0.39 is 10.0 Å². The number of nitrogens with zero attached hydrogens (tertiary/aromatic N) is 2. The molecule has 1 saturated heterocycles. The third kappa shape index (κ3) is 4.08. The highest BCUT2D eigenvalue weighted by Gasteiger charge is 2.26. The molecule has 0 N–H and O–H groups in total. The summed E-state index contributed by atoms with van der Waals surface area (Å²) in [6.45, 7) is 2.48. The zero-order chi connectivity index (χ0) is 16.3. The van der Waals surface area contributed by atoms with Crippen molar-refractivity contribution in [3.63, 3.8) is 0 Å². The van der Waals surface area contributed by atoms with Crippen molar-refractivity contribution in [2.75, 3.05) is 39.0 Å². The Morgan fingerprint density at radius 1 is 1.32 bits per heavy atom. The molecule has 1 aromatic heterocycles. The summed E-state index contributed by atoms with van der Waals surface area (Å²) in [4.78, 5) is 25.1. The fraction of sp³-hybridized carbons (Fsp3) is 0.538. The van der Waals surface area contributed by atoms with Crippen molar-refractivity contribution in [2.45, 2.75) is 6.92 Å². The van der Waals surface area contributed by atoms with Crippen molar-refractivity contribution < 1.29 is 22.4 Å². The Morgan fingerprint density at radius 3 is 2.50 bits per heavy atom. The van der Waals surface area contributed by atoms with E-state index in [1.165, 1.54) is 21.5 Å². The molecule has 8 nitrogen and oxygen atoms in total. The van der Waals surface area contributed by atoms with Gasteiger partial charge in [0.25, 0.3) is 5.91 Å². The predicted molar refractivity (Wildman–Crippen MR) is 78.2 cm³/mol. The van der Waals surface area contributed by atoms with Gasteiger partial charge in [-0.25, -0.2) is 8.42 Å². The van der Waals surface area contributed by atoms with E-state index in [1.54, 1.807) is 6.92 Å². The second-order valence-electron chi connectivity index (χ2n) is 5.05. The number of aryl methyl sites for hydroxylation is 1. The van der Waals surface area contributed by atoms with Gasteiger partial charge in [-0.05, 0) is 6.92 Å². The number of hydrogen-bond acceptors (Lipinski definition) is 6. The zero-order valence-corrected chi connectivity index (χ0v) is 13.3. The molecule has 0 atom stereocenters. The van der Waals surface area contributed by atoms with Crippen LogP contribution in [-0.2, 0) is 14.8 Å². The van der Waals surface area contributed by atoms with E-state index in [4.69, 9.17) is 9.15 Å². The van der Waals surface area contributed by atoms with Crippen molar-refractivity contribution in [2.24, 2.45) is 0 Å². The summed E-state index contributed by atoms with van der Waals surface area (Å²) in [5.41, 5.74) is -0.349. The molecular weight excluding hydrogens is 312 g/mol. The Bertz CT molecular complexity index is 703. The van der Waals surface area contributed by atoms with Crippen LogP contribution in [0.5, 0.6) is 5.75 Å². The molecule has 2 rings (SSSR count). The van der Waals surface area contributed by atoms with Crippen molar-refractivity contribution in [3.8, 4) is 5.75 Å². The number of amides is 1. The van der Waals surface area contributed by atoms with Crippen LogP contribution in [0.25, 0.3) is 0 Å². The number of rotatable bonds is 4. The van der Waals surface area contributed by atoms with Crippen LogP contribution in [0, 0.1) is 6.92 Å². The van der Waals surface area contributed by atoms with Crippen LogP contribution in [0.3, 0.4) is 0 Å². The van der Waals surface area contributed by atoms with E-state index >= 15 is 0 Å². The molecule has 1 aliphatic rings. The number of ether oxygens (including phenoxy) is 1. The van der Waals surface area contributed by atoms with E-state index in [9.17, 15) is 18.0 Å². The van der Waals surface area contributed by atoms with Crippen molar-refractivity contribution >= 4 is 15.9 Å². The summed E-state index contributed by atoms with van der Waals surface area (Å²) in [7, 11) is -3.23. The Balaban J connectivity index is 1.87. The van der Waals surface area contributed by atoms with Gasteiger partial charge in [0.1, 0.15) is 12.0 Å². The Hall–Kier alpha value is -1.87. The lowest BCUT2D eigenvalue weighted by atomic mass is 10.3. The minimum Gasteiger partial charge on any atom is -0.477 e. The summed E-state index contributed by atoms with van der Waals surface area (Å²) >= 11 is 0. The van der Waals surface area contributed by atoms with Gasteiger partial charge >= 0.3 is 0 Å². The molecule has 22 heavy (non-hydrogen) atoms. The van der Waals surface area contributed by atoms with Crippen LogP contribution in [0.2, 0.25) is 0 Å². The maximum atomic E-state index is 12.0. The first-order valence-corrected chi connectivity index (χ1v) is 8.57. The average Bonchev–Trinajstić information content (AvgIpc) is 2.45. The second kappa shape index (κ2) is 6.49. The Labute approximate surface area is 128 Å². The van der Waals surface area contributed by atoms with Gasteiger partial charge < -0.3 is 14.1 Å². The van der Waals surface area contributed by atoms with Gasteiger partial charge in [-0.2, -0.15) is 4.31 Å².